The molecule has 1 atom stereocenters. The fraction of sp³-hybridized carbons (Fsp3) is 0.542. The average molecular weight is 458 g/mol. The molecule has 176 valence electrons. The number of alkyl halides is 2. The highest BCUT2D eigenvalue weighted by Crippen LogP contribution is 2.44. The first kappa shape index (κ1) is 22.0. The minimum Gasteiger partial charge on any atom is -0.381 e. The molecule has 2 aromatic rings. The van der Waals surface area contributed by atoms with Gasteiger partial charge in [-0.2, -0.15) is 0 Å². The zero-order chi connectivity index (χ0) is 23.3. The van der Waals surface area contributed by atoms with Crippen LogP contribution in [0.25, 0.3) is 0 Å². The highest BCUT2D eigenvalue weighted by molar-refractivity contribution is 5.94. The van der Waals surface area contributed by atoms with Gasteiger partial charge in [0.15, 0.2) is 0 Å². The summed E-state index contributed by atoms with van der Waals surface area (Å²) in [6.07, 6.45) is 1.80. The summed E-state index contributed by atoms with van der Waals surface area (Å²) in [6, 6.07) is 4.93. The van der Waals surface area contributed by atoms with E-state index < -0.39 is 5.92 Å². The minimum atomic E-state index is -2.77. The number of halogens is 2. The third kappa shape index (κ3) is 3.82. The van der Waals surface area contributed by atoms with Crippen molar-refractivity contribution in [3.05, 3.63) is 46.3 Å². The SMILES string of the molecule is Cc1nc(N[C@H](C)c2cccc3c2CCC3(F)F)c2c(n1)N(C)C(=O)N(C1CCOCC1)C2. The van der Waals surface area contributed by atoms with Crippen molar-refractivity contribution in [2.24, 2.45) is 0 Å². The molecule has 0 spiro atoms. The Morgan fingerprint density at radius 2 is 1.97 bits per heavy atom. The number of nitrogens with zero attached hydrogens (tertiary/aromatic N) is 4. The number of benzene rings is 1. The number of hydrogen-bond acceptors (Lipinski definition) is 5. The number of anilines is 2. The topological polar surface area (TPSA) is 70.6 Å². The van der Waals surface area contributed by atoms with Crippen LogP contribution < -0.4 is 10.2 Å². The van der Waals surface area contributed by atoms with Crippen LogP contribution >= 0.6 is 0 Å². The van der Waals surface area contributed by atoms with Gasteiger partial charge in [0.25, 0.3) is 5.92 Å². The van der Waals surface area contributed by atoms with Crippen LogP contribution in [0.1, 0.15) is 60.3 Å². The number of fused-ring (bicyclic) bond motifs is 2. The molecule has 3 aliphatic rings. The summed E-state index contributed by atoms with van der Waals surface area (Å²) in [5.74, 6) is -0.991. The molecule has 1 saturated heterocycles. The molecule has 3 heterocycles. The van der Waals surface area contributed by atoms with Gasteiger partial charge >= 0.3 is 6.03 Å². The van der Waals surface area contributed by atoms with Crippen LogP contribution in [0.4, 0.5) is 25.2 Å². The molecule has 1 aliphatic carbocycles. The molecule has 5 rings (SSSR count). The summed E-state index contributed by atoms with van der Waals surface area (Å²) in [6.45, 7) is 5.44. The lowest BCUT2D eigenvalue weighted by Gasteiger charge is -2.41. The molecule has 9 heteroatoms. The Kier molecular flexibility index (Phi) is 5.47. The Balaban J connectivity index is 1.48. The Hall–Kier alpha value is -2.81. The standard InChI is InChI=1S/C24H29F2N5O2/c1-14(17-5-4-6-20-18(17)7-10-24(20,25)26)27-21-19-13-31(16-8-11-33-12-9-16)23(32)30(3)22(19)29-15(2)28-21/h4-6,14,16H,7-13H2,1-3H3,(H,27,28,29)/t14-/m1/s1. The van der Waals surface area contributed by atoms with E-state index in [1.807, 2.05) is 17.9 Å². The summed E-state index contributed by atoms with van der Waals surface area (Å²) in [4.78, 5) is 25.8. The fourth-order valence-corrected chi connectivity index (χ4v) is 5.26. The van der Waals surface area contributed by atoms with E-state index in [0.29, 0.717) is 43.6 Å². The highest BCUT2D eigenvalue weighted by atomic mass is 19.3. The van der Waals surface area contributed by atoms with E-state index in [1.54, 1.807) is 24.9 Å². The van der Waals surface area contributed by atoms with Gasteiger partial charge < -0.3 is 15.0 Å². The number of carbonyl (C=O) groups excluding carboxylic acids is 1. The van der Waals surface area contributed by atoms with Crippen molar-refractivity contribution in [2.45, 2.75) is 64.1 Å². The largest absolute Gasteiger partial charge is 0.381 e. The van der Waals surface area contributed by atoms with E-state index in [-0.39, 0.29) is 30.1 Å². The Labute approximate surface area is 192 Å². The zero-order valence-corrected chi connectivity index (χ0v) is 19.2. The molecule has 2 aliphatic heterocycles. The first-order valence-corrected chi connectivity index (χ1v) is 11.5. The molecule has 33 heavy (non-hydrogen) atoms. The molecule has 0 radical (unpaired) electrons. The molecule has 1 fully saturated rings. The summed E-state index contributed by atoms with van der Waals surface area (Å²) in [5, 5.41) is 3.46. The second kappa shape index (κ2) is 8.20. The van der Waals surface area contributed by atoms with Crippen LogP contribution in [-0.2, 0) is 23.6 Å². The molecule has 2 amide bonds. The predicted octanol–water partition coefficient (Wildman–Crippen LogP) is 4.55. The fourth-order valence-electron chi connectivity index (χ4n) is 5.26. The number of rotatable bonds is 4. The molecular weight excluding hydrogens is 428 g/mol. The van der Waals surface area contributed by atoms with Gasteiger partial charge in [0.1, 0.15) is 17.5 Å². The summed E-state index contributed by atoms with van der Waals surface area (Å²) < 4.78 is 34.1. The van der Waals surface area contributed by atoms with Crippen molar-refractivity contribution in [1.82, 2.24) is 14.9 Å². The molecule has 1 aromatic heterocycles. The second-order valence-electron chi connectivity index (χ2n) is 9.18. The number of aromatic nitrogens is 2. The maximum absolute atomic E-state index is 14.3. The highest BCUT2D eigenvalue weighted by Gasteiger charge is 2.41. The van der Waals surface area contributed by atoms with Gasteiger partial charge in [0.05, 0.1) is 18.2 Å². The van der Waals surface area contributed by atoms with Crippen LogP contribution in [0, 0.1) is 6.92 Å². The lowest BCUT2D eigenvalue weighted by Crippen LogP contribution is -2.52. The number of carbonyl (C=O) groups is 1. The van der Waals surface area contributed by atoms with Gasteiger partial charge in [-0.15, -0.1) is 0 Å². The van der Waals surface area contributed by atoms with Crippen LogP contribution in [0.2, 0.25) is 0 Å². The maximum Gasteiger partial charge on any atom is 0.325 e. The first-order valence-electron chi connectivity index (χ1n) is 11.5. The van der Waals surface area contributed by atoms with Crippen molar-refractivity contribution in [2.75, 3.05) is 30.5 Å². The van der Waals surface area contributed by atoms with E-state index in [0.717, 1.165) is 29.5 Å². The van der Waals surface area contributed by atoms with Gasteiger partial charge in [0, 0.05) is 38.3 Å². The number of hydrogen-bond donors (Lipinski definition) is 1. The second-order valence-corrected chi connectivity index (χ2v) is 9.18. The zero-order valence-electron chi connectivity index (χ0n) is 19.2. The molecule has 0 bridgehead atoms. The number of aryl methyl sites for hydroxylation is 1. The van der Waals surface area contributed by atoms with Crippen molar-refractivity contribution >= 4 is 17.7 Å². The number of amides is 2. The Morgan fingerprint density at radius 3 is 2.73 bits per heavy atom. The van der Waals surface area contributed by atoms with Crippen molar-refractivity contribution in [3.8, 4) is 0 Å². The third-order valence-corrected chi connectivity index (χ3v) is 7.02. The smallest absolute Gasteiger partial charge is 0.325 e. The summed E-state index contributed by atoms with van der Waals surface area (Å²) in [7, 11) is 1.73. The van der Waals surface area contributed by atoms with Gasteiger partial charge in [-0.05, 0) is 44.2 Å². The van der Waals surface area contributed by atoms with E-state index >= 15 is 0 Å². The molecule has 0 saturated carbocycles. The molecule has 7 nitrogen and oxygen atoms in total. The van der Waals surface area contributed by atoms with Crippen LogP contribution in [0.3, 0.4) is 0 Å². The molecular formula is C24H29F2N5O2. The van der Waals surface area contributed by atoms with Crippen LogP contribution in [-0.4, -0.2) is 47.2 Å². The van der Waals surface area contributed by atoms with E-state index in [9.17, 15) is 13.6 Å². The maximum atomic E-state index is 14.3. The number of urea groups is 1. The molecule has 0 unspecified atom stereocenters. The number of nitrogens with one attached hydrogen (secondary N) is 1. The van der Waals surface area contributed by atoms with Crippen molar-refractivity contribution < 1.29 is 18.3 Å². The van der Waals surface area contributed by atoms with E-state index in [4.69, 9.17) is 4.74 Å². The normalized spacial score (nSPS) is 21.1. The minimum absolute atomic E-state index is 0.0744. The van der Waals surface area contributed by atoms with Crippen molar-refractivity contribution in [3.63, 3.8) is 0 Å². The first-order chi connectivity index (χ1) is 15.8. The number of ether oxygens (including phenoxy) is 1. The van der Waals surface area contributed by atoms with Gasteiger partial charge in [-0.1, -0.05) is 18.2 Å². The lowest BCUT2D eigenvalue weighted by molar-refractivity contribution is -0.00185. The van der Waals surface area contributed by atoms with E-state index in [2.05, 4.69) is 15.3 Å². The van der Waals surface area contributed by atoms with Crippen LogP contribution in [0.5, 0.6) is 0 Å². The predicted molar refractivity (Wildman–Crippen MR) is 121 cm³/mol. The summed E-state index contributed by atoms with van der Waals surface area (Å²) >= 11 is 0. The monoisotopic (exact) mass is 457 g/mol. The average Bonchev–Trinajstić information content (AvgIpc) is 3.12. The van der Waals surface area contributed by atoms with Crippen molar-refractivity contribution in [1.29, 1.82) is 0 Å². The van der Waals surface area contributed by atoms with Gasteiger partial charge in [-0.25, -0.2) is 23.5 Å². The van der Waals surface area contributed by atoms with E-state index in [1.165, 1.54) is 6.07 Å². The Morgan fingerprint density at radius 1 is 1.21 bits per heavy atom. The molecule has 1 aromatic carbocycles. The quantitative estimate of drug-likeness (QED) is 0.730. The van der Waals surface area contributed by atoms with Gasteiger partial charge in [-0.3, -0.25) is 4.90 Å². The van der Waals surface area contributed by atoms with Crippen LogP contribution in [0.15, 0.2) is 18.2 Å². The lowest BCUT2D eigenvalue weighted by atomic mass is 9.97. The Bertz CT molecular complexity index is 1090. The summed E-state index contributed by atoms with van der Waals surface area (Å²) in [5.41, 5.74) is 2.55. The van der Waals surface area contributed by atoms with Gasteiger partial charge in [0.2, 0.25) is 0 Å². The molecule has 1 N–H and O–H groups in total. The third-order valence-electron chi connectivity index (χ3n) is 7.02.